The lowest BCUT2D eigenvalue weighted by Gasteiger charge is -2.12. The zero-order chi connectivity index (χ0) is 15.2. The molecule has 110 valence electrons. The molecule has 2 aromatic rings. The van der Waals surface area contributed by atoms with Gasteiger partial charge in [-0.1, -0.05) is 51.9 Å². The Morgan fingerprint density at radius 2 is 1.76 bits per heavy atom. The Labute approximate surface area is 142 Å². The molecule has 0 aliphatic rings. The minimum Gasteiger partial charge on any atom is -0.489 e. The molecule has 0 radical (unpaired) electrons. The predicted molar refractivity (Wildman–Crippen MR) is 92.5 cm³/mol. The summed E-state index contributed by atoms with van der Waals surface area (Å²) in [5, 5.41) is 0.574. The second-order valence-corrected chi connectivity index (χ2v) is 5.89. The van der Waals surface area contributed by atoms with Gasteiger partial charge in [0.05, 0.1) is 10.6 Å². The molecule has 0 amide bonds. The van der Waals surface area contributed by atoms with Gasteiger partial charge >= 0.3 is 0 Å². The maximum absolute atomic E-state index is 6.00. The Morgan fingerprint density at radius 3 is 2.43 bits per heavy atom. The lowest BCUT2D eigenvalue weighted by atomic mass is 10.2. The molecule has 2 aromatic carbocycles. The number of para-hydroxylation sites is 1. The van der Waals surface area contributed by atoms with E-state index in [0.29, 0.717) is 40.3 Å². The van der Waals surface area contributed by atoms with E-state index < -0.39 is 0 Å². The van der Waals surface area contributed by atoms with Crippen molar-refractivity contribution in [2.45, 2.75) is 0 Å². The highest BCUT2D eigenvalue weighted by Crippen LogP contribution is 2.24. The quantitative estimate of drug-likeness (QED) is 0.597. The summed E-state index contributed by atoms with van der Waals surface area (Å²) in [7, 11) is 0. The third kappa shape index (κ3) is 4.59. The van der Waals surface area contributed by atoms with E-state index in [2.05, 4.69) is 15.9 Å². The molecule has 3 nitrogen and oxygen atoms in total. The minimum atomic E-state index is 0.290. The third-order valence-electron chi connectivity index (χ3n) is 2.64. The molecule has 0 atom stereocenters. The molecule has 0 fully saturated rings. The topological polar surface area (TPSA) is 44.5 Å². The largest absolute Gasteiger partial charge is 0.489 e. The summed E-state index contributed by atoms with van der Waals surface area (Å²) in [6, 6.07) is 12.8. The lowest BCUT2D eigenvalue weighted by Crippen LogP contribution is -2.14. The highest BCUT2D eigenvalue weighted by atomic mass is 79.9. The summed E-state index contributed by atoms with van der Waals surface area (Å²) in [4.78, 5) is 0.290. The normalized spacial score (nSPS) is 10.2. The van der Waals surface area contributed by atoms with Crippen molar-refractivity contribution in [1.29, 1.82) is 0 Å². The van der Waals surface area contributed by atoms with Gasteiger partial charge in [-0.2, -0.15) is 0 Å². The van der Waals surface area contributed by atoms with E-state index >= 15 is 0 Å². The number of nitrogens with two attached hydrogens (primary N) is 1. The smallest absolute Gasteiger partial charge is 0.138 e. The van der Waals surface area contributed by atoms with E-state index in [0.717, 1.165) is 4.47 Å². The number of halogens is 2. The second-order valence-electron chi connectivity index (χ2n) is 4.13. The van der Waals surface area contributed by atoms with E-state index in [1.165, 1.54) is 0 Å². The summed E-state index contributed by atoms with van der Waals surface area (Å²) in [5.41, 5.74) is 6.37. The van der Waals surface area contributed by atoms with Crippen LogP contribution in [0.4, 0.5) is 0 Å². The fourth-order valence-electron chi connectivity index (χ4n) is 1.69. The van der Waals surface area contributed by atoms with Gasteiger partial charge in [-0.05, 0) is 30.3 Å². The maximum atomic E-state index is 6.00. The molecule has 0 spiro atoms. The molecule has 2 rings (SSSR count). The van der Waals surface area contributed by atoms with E-state index in [-0.39, 0.29) is 0 Å². The molecule has 0 unspecified atom stereocenters. The van der Waals surface area contributed by atoms with E-state index in [4.69, 9.17) is 39.0 Å². The molecule has 0 bridgehead atoms. The average molecular weight is 387 g/mol. The van der Waals surface area contributed by atoms with E-state index in [1.807, 2.05) is 36.4 Å². The molecule has 2 N–H and O–H groups in total. The summed E-state index contributed by atoms with van der Waals surface area (Å²) in [6.07, 6.45) is 0. The number of hydrogen-bond donors (Lipinski definition) is 1. The molecular formula is C15H13BrClNO2S. The van der Waals surface area contributed by atoms with Gasteiger partial charge in [-0.3, -0.25) is 0 Å². The van der Waals surface area contributed by atoms with E-state index in [1.54, 1.807) is 6.07 Å². The minimum absolute atomic E-state index is 0.290. The summed E-state index contributed by atoms with van der Waals surface area (Å²) < 4.78 is 12.1. The fraction of sp³-hybridized carbons (Fsp3) is 0.133. The number of benzene rings is 2. The van der Waals surface area contributed by atoms with Gasteiger partial charge in [0, 0.05) is 4.47 Å². The first-order chi connectivity index (χ1) is 10.1. The van der Waals surface area contributed by atoms with Crippen LogP contribution in [-0.2, 0) is 0 Å². The SMILES string of the molecule is NC(=S)c1cc(Br)ccc1OCCOc1ccccc1Cl. The van der Waals surface area contributed by atoms with Crippen LogP contribution in [0.15, 0.2) is 46.9 Å². The van der Waals surface area contributed by atoms with E-state index in [9.17, 15) is 0 Å². The number of hydrogen-bond acceptors (Lipinski definition) is 3. The van der Waals surface area contributed by atoms with Crippen LogP contribution in [0.5, 0.6) is 11.5 Å². The van der Waals surface area contributed by atoms with Crippen LogP contribution in [0.3, 0.4) is 0 Å². The van der Waals surface area contributed by atoms with Gasteiger partial charge in [0.1, 0.15) is 29.7 Å². The second kappa shape index (κ2) is 7.64. The molecule has 21 heavy (non-hydrogen) atoms. The van der Waals surface area contributed by atoms with Crippen LogP contribution >= 0.6 is 39.7 Å². The first-order valence-corrected chi connectivity index (χ1v) is 7.75. The van der Waals surface area contributed by atoms with Crippen molar-refractivity contribution in [3.63, 3.8) is 0 Å². The average Bonchev–Trinajstić information content (AvgIpc) is 2.46. The van der Waals surface area contributed by atoms with Crippen LogP contribution in [-0.4, -0.2) is 18.2 Å². The Kier molecular flexibility index (Phi) is 5.85. The van der Waals surface area contributed by atoms with Crippen molar-refractivity contribution in [1.82, 2.24) is 0 Å². The molecule has 0 aliphatic carbocycles. The monoisotopic (exact) mass is 385 g/mol. The van der Waals surface area contributed by atoms with Crippen LogP contribution in [0.25, 0.3) is 0 Å². The van der Waals surface area contributed by atoms with Crippen LogP contribution in [0, 0.1) is 0 Å². The molecule has 0 saturated heterocycles. The molecule has 6 heteroatoms. The number of rotatable bonds is 6. The maximum Gasteiger partial charge on any atom is 0.138 e. The van der Waals surface area contributed by atoms with Crippen molar-refractivity contribution in [3.05, 3.63) is 57.5 Å². The predicted octanol–water partition coefficient (Wildman–Crippen LogP) is 4.19. The first kappa shape index (κ1) is 16.1. The van der Waals surface area contributed by atoms with Gasteiger partial charge in [0.2, 0.25) is 0 Å². The highest BCUT2D eigenvalue weighted by Gasteiger charge is 2.07. The summed E-state index contributed by atoms with van der Waals surface area (Å²) >= 11 is 14.4. The lowest BCUT2D eigenvalue weighted by molar-refractivity contribution is 0.217. The van der Waals surface area contributed by atoms with Crippen LogP contribution < -0.4 is 15.2 Å². The Morgan fingerprint density at radius 1 is 1.10 bits per heavy atom. The van der Waals surface area contributed by atoms with Crippen molar-refractivity contribution in [2.24, 2.45) is 5.73 Å². The molecule has 0 aliphatic heterocycles. The van der Waals surface area contributed by atoms with Crippen LogP contribution in [0.2, 0.25) is 5.02 Å². The Bertz CT molecular complexity index is 651. The molecule has 0 saturated carbocycles. The highest BCUT2D eigenvalue weighted by molar-refractivity contribution is 9.10. The zero-order valence-electron chi connectivity index (χ0n) is 11.0. The Hall–Kier alpha value is -1.30. The Balaban J connectivity index is 1.92. The number of ether oxygens (including phenoxy) is 2. The standard InChI is InChI=1S/C15H13BrClNO2S/c16-10-5-6-13(11(9-10)15(18)21)19-7-8-20-14-4-2-1-3-12(14)17/h1-6,9H,7-8H2,(H2,18,21). The summed E-state index contributed by atoms with van der Waals surface area (Å²) in [5.74, 6) is 1.27. The van der Waals surface area contributed by atoms with Crippen LogP contribution in [0.1, 0.15) is 5.56 Å². The van der Waals surface area contributed by atoms with Crippen molar-refractivity contribution in [2.75, 3.05) is 13.2 Å². The third-order valence-corrected chi connectivity index (χ3v) is 3.67. The summed E-state index contributed by atoms with van der Waals surface area (Å²) in [6.45, 7) is 0.735. The van der Waals surface area contributed by atoms with Gasteiger partial charge in [-0.15, -0.1) is 0 Å². The fourth-order valence-corrected chi connectivity index (χ4v) is 2.40. The van der Waals surface area contributed by atoms with Crippen molar-refractivity contribution >= 4 is 44.7 Å². The molecular weight excluding hydrogens is 374 g/mol. The zero-order valence-corrected chi connectivity index (χ0v) is 14.2. The van der Waals surface area contributed by atoms with Crippen molar-refractivity contribution < 1.29 is 9.47 Å². The number of thiocarbonyl (C=S) groups is 1. The molecule has 0 heterocycles. The molecule has 0 aromatic heterocycles. The van der Waals surface area contributed by atoms with Gasteiger partial charge in [0.15, 0.2) is 0 Å². The van der Waals surface area contributed by atoms with Crippen molar-refractivity contribution in [3.8, 4) is 11.5 Å². The van der Waals surface area contributed by atoms with Gasteiger partial charge in [-0.25, -0.2) is 0 Å². The first-order valence-electron chi connectivity index (χ1n) is 6.17. The van der Waals surface area contributed by atoms with Gasteiger partial charge in [0.25, 0.3) is 0 Å². The van der Waals surface area contributed by atoms with Gasteiger partial charge < -0.3 is 15.2 Å².